The molecule has 4 heteroatoms. The van der Waals surface area contributed by atoms with Crippen LogP contribution in [0.25, 0.3) is 15.8 Å². The Bertz CT molecular complexity index is 696. The van der Waals surface area contributed by atoms with Crippen molar-refractivity contribution in [1.82, 2.24) is 4.98 Å². The SMILES string of the molecule is CC(=O)/C=C(\C=C/C(C)C)c1ccc2sc(N)nc2c1. The Hall–Kier alpha value is -1.94. The molecule has 0 unspecified atom stereocenters. The molecule has 0 saturated carbocycles. The molecule has 1 aromatic carbocycles. The van der Waals surface area contributed by atoms with E-state index >= 15 is 0 Å². The van der Waals surface area contributed by atoms with Gasteiger partial charge >= 0.3 is 0 Å². The van der Waals surface area contributed by atoms with Crippen LogP contribution in [-0.2, 0) is 4.79 Å². The number of nitrogens with zero attached hydrogens (tertiary/aromatic N) is 1. The van der Waals surface area contributed by atoms with Crippen LogP contribution < -0.4 is 5.73 Å². The molecule has 0 atom stereocenters. The molecule has 1 heterocycles. The number of hydrogen-bond donors (Lipinski definition) is 1. The van der Waals surface area contributed by atoms with Crippen LogP contribution >= 0.6 is 11.3 Å². The highest BCUT2D eigenvalue weighted by atomic mass is 32.1. The van der Waals surface area contributed by atoms with E-state index in [1.807, 2.05) is 24.3 Å². The summed E-state index contributed by atoms with van der Waals surface area (Å²) in [6, 6.07) is 5.97. The molecule has 0 fully saturated rings. The van der Waals surface area contributed by atoms with E-state index in [4.69, 9.17) is 5.73 Å². The number of aromatic nitrogens is 1. The minimum absolute atomic E-state index is 0.0336. The molecule has 20 heavy (non-hydrogen) atoms. The summed E-state index contributed by atoms with van der Waals surface area (Å²) in [5.41, 5.74) is 8.48. The van der Waals surface area contributed by atoms with E-state index in [1.165, 1.54) is 11.3 Å². The minimum atomic E-state index is 0.0336. The molecule has 0 aliphatic carbocycles. The van der Waals surface area contributed by atoms with E-state index in [0.717, 1.165) is 21.4 Å². The molecule has 2 N–H and O–H groups in total. The molecular weight excluding hydrogens is 268 g/mol. The Balaban J connectivity index is 2.47. The highest BCUT2D eigenvalue weighted by Crippen LogP contribution is 2.27. The van der Waals surface area contributed by atoms with Gasteiger partial charge < -0.3 is 5.73 Å². The number of nitrogen functional groups attached to an aromatic ring is 1. The van der Waals surface area contributed by atoms with Crippen LogP contribution in [0, 0.1) is 5.92 Å². The molecule has 0 saturated heterocycles. The van der Waals surface area contributed by atoms with Crippen molar-refractivity contribution in [2.24, 2.45) is 5.92 Å². The molecule has 2 rings (SSSR count). The Labute approximate surface area is 122 Å². The van der Waals surface area contributed by atoms with Gasteiger partial charge in [0.05, 0.1) is 10.2 Å². The number of rotatable bonds is 4. The lowest BCUT2D eigenvalue weighted by Gasteiger charge is -2.03. The predicted octanol–water partition coefficient (Wildman–Crippen LogP) is 4.06. The largest absolute Gasteiger partial charge is 0.375 e. The third-order valence-electron chi connectivity index (χ3n) is 2.76. The lowest BCUT2D eigenvalue weighted by molar-refractivity contribution is -0.112. The number of allylic oxidation sites excluding steroid dienone is 4. The molecule has 0 radical (unpaired) electrons. The standard InChI is InChI=1S/C16H18N2OS/c1-10(2)4-5-12(8-11(3)19)13-6-7-15-14(9-13)18-16(17)20-15/h4-10H,1-3H3,(H2,17,18)/b5-4-,12-8+. The number of ketones is 1. The van der Waals surface area contributed by atoms with E-state index in [9.17, 15) is 4.79 Å². The number of carbonyl (C=O) groups excluding carboxylic acids is 1. The van der Waals surface area contributed by atoms with Crippen molar-refractivity contribution in [2.45, 2.75) is 20.8 Å². The Morgan fingerprint density at radius 2 is 2.15 bits per heavy atom. The molecule has 0 spiro atoms. The van der Waals surface area contributed by atoms with Crippen molar-refractivity contribution < 1.29 is 4.79 Å². The summed E-state index contributed by atoms with van der Waals surface area (Å²) in [4.78, 5) is 15.7. The van der Waals surface area contributed by atoms with Crippen molar-refractivity contribution in [3.05, 3.63) is 42.0 Å². The van der Waals surface area contributed by atoms with Crippen molar-refractivity contribution in [1.29, 1.82) is 0 Å². The van der Waals surface area contributed by atoms with Crippen LogP contribution in [0.1, 0.15) is 26.3 Å². The van der Waals surface area contributed by atoms with Gasteiger partial charge in [0.1, 0.15) is 0 Å². The molecule has 3 nitrogen and oxygen atoms in total. The van der Waals surface area contributed by atoms with Gasteiger partial charge in [0.2, 0.25) is 0 Å². The highest BCUT2D eigenvalue weighted by molar-refractivity contribution is 7.22. The minimum Gasteiger partial charge on any atom is -0.375 e. The Morgan fingerprint density at radius 1 is 1.40 bits per heavy atom. The number of nitrogens with two attached hydrogens (primary N) is 1. The average Bonchev–Trinajstić information content (AvgIpc) is 2.72. The van der Waals surface area contributed by atoms with E-state index in [1.54, 1.807) is 13.0 Å². The molecule has 0 aliphatic heterocycles. The fourth-order valence-electron chi connectivity index (χ4n) is 1.87. The van der Waals surface area contributed by atoms with Crippen molar-refractivity contribution in [3.8, 4) is 0 Å². The van der Waals surface area contributed by atoms with Gasteiger partial charge in [-0.1, -0.05) is 43.4 Å². The molecule has 0 amide bonds. The second-order valence-corrected chi connectivity index (χ2v) is 6.11. The second-order valence-electron chi connectivity index (χ2n) is 5.05. The van der Waals surface area contributed by atoms with Crippen molar-refractivity contribution in [3.63, 3.8) is 0 Å². The fourth-order valence-corrected chi connectivity index (χ4v) is 2.58. The van der Waals surface area contributed by atoms with Crippen LogP contribution in [0.3, 0.4) is 0 Å². The van der Waals surface area contributed by atoms with Crippen molar-refractivity contribution in [2.75, 3.05) is 5.73 Å². The summed E-state index contributed by atoms with van der Waals surface area (Å²) in [7, 11) is 0. The van der Waals surface area contributed by atoms with Crippen LogP contribution in [0.5, 0.6) is 0 Å². The number of fused-ring (bicyclic) bond motifs is 1. The third kappa shape index (κ3) is 3.54. The second kappa shape index (κ2) is 6.01. The van der Waals surface area contributed by atoms with E-state index in [-0.39, 0.29) is 5.78 Å². The Kier molecular flexibility index (Phi) is 4.35. The number of benzene rings is 1. The maximum atomic E-state index is 11.4. The maximum Gasteiger partial charge on any atom is 0.181 e. The first kappa shape index (κ1) is 14.5. The van der Waals surface area contributed by atoms with Gasteiger partial charge in [0.25, 0.3) is 0 Å². The summed E-state index contributed by atoms with van der Waals surface area (Å²) in [5.74, 6) is 0.468. The molecule has 0 aliphatic rings. The quantitative estimate of drug-likeness (QED) is 0.681. The van der Waals surface area contributed by atoms with Gasteiger partial charge in [-0.25, -0.2) is 4.98 Å². The van der Waals surface area contributed by atoms with Crippen LogP contribution in [0.4, 0.5) is 5.13 Å². The lowest BCUT2D eigenvalue weighted by Crippen LogP contribution is -1.89. The first-order valence-corrected chi connectivity index (χ1v) is 7.34. The van der Waals surface area contributed by atoms with Gasteiger partial charge in [-0.05, 0) is 42.2 Å². The lowest BCUT2D eigenvalue weighted by atomic mass is 10.0. The predicted molar refractivity (Wildman–Crippen MR) is 86.7 cm³/mol. The smallest absolute Gasteiger partial charge is 0.181 e. The van der Waals surface area contributed by atoms with Gasteiger partial charge in [-0.2, -0.15) is 0 Å². The van der Waals surface area contributed by atoms with Crippen molar-refractivity contribution >= 4 is 38.0 Å². The first-order valence-electron chi connectivity index (χ1n) is 6.52. The van der Waals surface area contributed by atoms with Gasteiger partial charge in [-0.3, -0.25) is 4.79 Å². The zero-order valence-corrected chi connectivity index (χ0v) is 12.7. The molecule has 0 bridgehead atoms. The summed E-state index contributed by atoms with van der Waals surface area (Å²) >= 11 is 1.47. The zero-order chi connectivity index (χ0) is 14.7. The third-order valence-corrected chi connectivity index (χ3v) is 3.62. The van der Waals surface area contributed by atoms with Gasteiger partial charge in [0.15, 0.2) is 10.9 Å². The normalized spacial score (nSPS) is 12.7. The van der Waals surface area contributed by atoms with Gasteiger partial charge in [-0.15, -0.1) is 0 Å². The maximum absolute atomic E-state index is 11.4. The molecule has 1 aromatic heterocycles. The average molecular weight is 286 g/mol. The van der Waals surface area contributed by atoms with Crippen LogP contribution in [0.2, 0.25) is 0 Å². The van der Waals surface area contributed by atoms with Crippen LogP contribution in [-0.4, -0.2) is 10.8 Å². The first-order chi connectivity index (χ1) is 9.45. The number of carbonyl (C=O) groups is 1. The van der Waals surface area contributed by atoms with E-state index < -0.39 is 0 Å². The zero-order valence-electron chi connectivity index (χ0n) is 11.9. The van der Waals surface area contributed by atoms with Crippen LogP contribution in [0.15, 0.2) is 36.4 Å². The fraction of sp³-hybridized carbons (Fsp3) is 0.250. The number of thiazole rings is 1. The molecule has 104 valence electrons. The summed E-state index contributed by atoms with van der Waals surface area (Å²) in [6.07, 6.45) is 5.72. The van der Waals surface area contributed by atoms with Gasteiger partial charge in [0, 0.05) is 0 Å². The summed E-state index contributed by atoms with van der Waals surface area (Å²) in [6.45, 7) is 5.76. The number of hydrogen-bond acceptors (Lipinski definition) is 4. The van der Waals surface area contributed by atoms with E-state index in [2.05, 4.69) is 24.9 Å². The highest BCUT2D eigenvalue weighted by Gasteiger charge is 2.05. The molecule has 2 aromatic rings. The summed E-state index contributed by atoms with van der Waals surface area (Å²) in [5, 5.41) is 0.562. The Morgan fingerprint density at radius 3 is 2.80 bits per heavy atom. The number of anilines is 1. The topological polar surface area (TPSA) is 56.0 Å². The molecular formula is C16H18N2OS. The summed E-state index contributed by atoms with van der Waals surface area (Å²) < 4.78 is 1.06. The monoisotopic (exact) mass is 286 g/mol. The van der Waals surface area contributed by atoms with E-state index in [0.29, 0.717) is 11.0 Å².